The van der Waals surface area contributed by atoms with Gasteiger partial charge in [-0.2, -0.15) is 0 Å². The number of ether oxygens (including phenoxy) is 1. The van der Waals surface area contributed by atoms with Gasteiger partial charge in [0.1, 0.15) is 66.5 Å². The van der Waals surface area contributed by atoms with Gasteiger partial charge in [-0.25, -0.2) is 0 Å². The van der Waals surface area contributed by atoms with Crippen molar-refractivity contribution in [2.24, 2.45) is 35.5 Å². The van der Waals surface area contributed by atoms with E-state index in [0.717, 1.165) is 14.7 Å². The summed E-state index contributed by atoms with van der Waals surface area (Å²) in [6, 6.07) is -14.8. The van der Waals surface area contributed by atoms with E-state index in [4.69, 9.17) is 4.74 Å². The highest BCUT2D eigenvalue weighted by atomic mass is 32.2. The van der Waals surface area contributed by atoms with Gasteiger partial charge in [-0.15, -0.1) is 11.8 Å². The number of nitrogens with one attached hydrogen (secondary N) is 4. The molecule has 0 aromatic heterocycles. The maximum atomic E-state index is 15.2. The van der Waals surface area contributed by atoms with Crippen molar-refractivity contribution in [3.8, 4) is 0 Å². The van der Waals surface area contributed by atoms with Crippen LogP contribution in [0, 0.1) is 35.5 Å². The highest BCUT2D eigenvalue weighted by Crippen LogP contribution is 2.27. The van der Waals surface area contributed by atoms with Crippen molar-refractivity contribution in [2.75, 3.05) is 68.1 Å². The summed E-state index contributed by atoms with van der Waals surface area (Å²) in [4.78, 5) is 171. The Kier molecular flexibility index (Phi) is 34.5. The van der Waals surface area contributed by atoms with Crippen molar-refractivity contribution in [1.29, 1.82) is 0 Å². The maximum absolute atomic E-state index is 15.2. The van der Waals surface area contributed by atoms with Gasteiger partial charge in [0.2, 0.25) is 65.0 Å². The van der Waals surface area contributed by atoms with Crippen LogP contribution >= 0.6 is 11.8 Å². The molecule has 1 aliphatic rings. The highest BCUT2D eigenvalue weighted by molar-refractivity contribution is 7.98. The number of hydrogen-bond donors (Lipinski definition) is 6. The predicted octanol–water partition coefficient (Wildman–Crippen LogP) is 3.09. The first-order valence-corrected chi connectivity index (χ1v) is 33.5. The summed E-state index contributed by atoms with van der Waals surface area (Å²) in [6.07, 6.45) is 4.21. The number of carbonyl (C=O) groups excluding carboxylic acids is 11. The SMILES string of the molecule is C/C=C/C[C@@H](C)[C@@H](O)[C@H]1C(=O)N[C@@H](CC)C(=O)N(C)C(CO)C(=O)N(C)[C@@H](CC(C)(C)OCSC)C(=O)N[C@@H](C(C)C)C(=O)N(C)[C@@H](CC(C)C)C(=O)N[C@@H](C)C(=O)N[C@H](C)C(=O)N(C)[C@@H](CC(C)C)C(=O)N(C)[C@@H](CC(C)C)C(=O)N(C)[C@@H](C(C)C)C(=O)N1C. The average Bonchev–Trinajstić information content (AvgIpc) is 1.26. The van der Waals surface area contributed by atoms with Crippen molar-refractivity contribution in [3.63, 3.8) is 0 Å². The summed E-state index contributed by atoms with van der Waals surface area (Å²) in [6.45, 7) is 28.3. The van der Waals surface area contributed by atoms with Crippen LogP contribution in [0.2, 0.25) is 0 Å². The van der Waals surface area contributed by atoms with Crippen LogP contribution in [0.5, 0.6) is 0 Å². The van der Waals surface area contributed by atoms with Crippen LogP contribution in [0.25, 0.3) is 0 Å². The van der Waals surface area contributed by atoms with E-state index >= 15 is 14.4 Å². The molecule has 0 aromatic rings. The lowest BCUT2D eigenvalue weighted by atomic mass is 9.91. The first-order chi connectivity index (χ1) is 42.0. The Morgan fingerprint density at radius 3 is 1.41 bits per heavy atom. The van der Waals surface area contributed by atoms with Crippen LogP contribution in [0.3, 0.4) is 0 Å². The molecular formula is C65H117N11O14S. The van der Waals surface area contributed by atoms with E-state index in [0.29, 0.717) is 0 Å². The Labute approximate surface area is 548 Å². The summed E-state index contributed by atoms with van der Waals surface area (Å²) >= 11 is 1.37. The molecule has 1 rings (SSSR count). The van der Waals surface area contributed by atoms with E-state index in [1.807, 2.05) is 47.8 Å². The van der Waals surface area contributed by atoms with E-state index in [1.165, 1.54) is 94.5 Å². The number of thioether (sulfide) groups is 1. The summed E-state index contributed by atoms with van der Waals surface area (Å²) in [7, 11) is 9.59. The second-order valence-electron chi connectivity index (χ2n) is 27.4. The molecule has 25 nitrogen and oxygen atoms in total. The second-order valence-corrected chi connectivity index (χ2v) is 28.2. The average molecular weight is 1310 g/mol. The van der Waals surface area contributed by atoms with Crippen molar-refractivity contribution in [3.05, 3.63) is 12.2 Å². The molecule has 11 amide bonds. The van der Waals surface area contributed by atoms with Gasteiger partial charge in [0.05, 0.1) is 24.3 Å². The van der Waals surface area contributed by atoms with Crippen LogP contribution in [-0.4, -0.2) is 256 Å². The lowest BCUT2D eigenvalue weighted by Crippen LogP contribution is -2.64. The molecule has 26 heteroatoms. The number of aliphatic hydroxyl groups excluding tert-OH is 2. The minimum absolute atomic E-state index is 0.0825. The normalized spacial score (nSPS) is 26.9. The van der Waals surface area contributed by atoms with Gasteiger partial charge in [0.25, 0.3) is 0 Å². The molecule has 0 aromatic carbocycles. The molecule has 1 heterocycles. The number of rotatable bonds is 19. The summed E-state index contributed by atoms with van der Waals surface area (Å²) < 4.78 is 6.12. The predicted molar refractivity (Wildman–Crippen MR) is 353 cm³/mol. The number of aliphatic hydroxyl groups is 2. The zero-order chi connectivity index (χ0) is 70.6. The fourth-order valence-electron chi connectivity index (χ4n) is 11.3. The molecule has 1 aliphatic heterocycles. The first kappa shape index (κ1) is 83.2. The van der Waals surface area contributed by atoms with Gasteiger partial charge in [-0.1, -0.05) is 95.2 Å². The quantitative estimate of drug-likeness (QED) is 0.0800. The molecule has 0 radical (unpaired) electrons. The van der Waals surface area contributed by atoms with Crippen molar-refractivity contribution in [2.45, 2.75) is 234 Å². The number of carbonyl (C=O) groups is 11. The molecule has 0 bridgehead atoms. The lowest BCUT2D eigenvalue weighted by Gasteiger charge is -2.41. The zero-order valence-corrected chi connectivity index (χ0v) is 60.4. The first-order valence-electron chi connectivity index (χ1n) is 32.1. The molecule has 1 fully saturated rings. The molecule has 0 saturated carbocycles. The van der Waals surface area contributed by atoms with Gasteiger partial charge < -0.3 is 70.5 Å². The topological polar surface area (TPSA) is 308 Å². The highest BCUT2D eigenvalue weighted by Gasteiger charge is 2.47. The molecule has 6 N–H and O–H groups in total. The zero-order valence-electron chi connectivity index (χ0n) is 59.5. The third-order valence-corrected chi connectivity index (χ3v) is 17.5. The number of amides is 11. The number of allylic oxidation sites excluding steroid dienone is 2. The Morgan fingerprint density at radius 2 is 0.945 bits per heavy atom. The van der Waals surface area contributed by atoms with Crippen molar-refractivity contribution >= 4 is 76.7 Å². The van der Waals surface area contributed by atoms with Crippen LogP contribution in [0.15, 0.2) is 12.2 Å². The Balaban J connectivity index is 4.50. The smallest absolute Gasteiger partial charge is 0.248 e. The summed E-state index contributed by atoms with van der Waals surface area (Å²) in [5, 5.41) is 34.1. The molecule has 0 aliphatic carbocycles. The number of hydrogen-bond acceptors (Lipinski definition) is 15. The standard InChI is InChI=1S/C65H117N11O14S/c1-26-28-29-41(13)53(78)52-57(82)68-44(27-2)59(84)74(22)49(34-77)62(87)73(21)48(33-65(16,17)90-35-91-25)56(81)69-50(39(9)10)63(88)70(18)45(30-36(3)4)55(80)66-42(14)54(79)67-43(15)58(83)71(19)46(31-37(5)6)60(85)72(20)47(32-38(7)8)61(86)75(23)51(40(11)12)64(89)76(52)24/h26,28,36-53,77-78H,27,29-35H2,1-25H3,(H,66,80)(H,67,79)(H,68,82)(H,69,81)/b28-26+/t41-,42+,43-,44+,45+,46+,47+,48+,49?,50+,51+,52+,53-/m1/s1. The minimum Gasteiger partial charge on any atom is -0.394 e. The van der Waals surface area contributed by atoms with Gasteiger partial charge in [0.15, 0.2) is 0 Å². The molecule has 0 spiro atoms. The molecule has 522 valence electrons. The number of nitrogens with zero attached hydrogens (tertiary/aromatic N) is 7. The summed E-state index contributed by atoms with van der Waals surface area (Å²) in [5.74, 6) is -10.5. The van der Waals surface area contributed by atoms with Gasteiger partial charge in [0, 0.05) is 55.8 Å². The Bertz CT molecular complexity index is 2500. The molecular weight excluding hydrogens is 1190 g/mol. The molecule has 1 saturated heterocycles. The van der Waals surface area contributed by atoms with Gasteiger partial charge >= 0.3 is 0 Å². The largest absolute Gasteiger partial charge is 0.394 e. The van der Waals surface area contributed by atoms with Crippen LogP contribution in [-0.2, 0) is 57.5 Å². The van der Waals surface area contributed by atoms with Crippen molar-refractivity contribution in [1.82, 2.24) is 55.6 Å². The molecule has 13 atom stereocenters. The van der Waals surface area contributed by atoms with E-state index in [1.54, 1.807) is 74.5 Å². The summed E-state index contributed by atoms with van der Waals surface area (Å²) in [5.41, 5.74) is -1.09. The van der Waals surface area contributed by atoms with Crippen molar-refractivity contribution < 1.29 is 67.7 Å². The third-order valence-electron chi connectivity index (χ3n) is 17.1. The van der Waals surface area contributed by atoms with Crippen LogP contribution < -0.4 is 21.3 Å². The monoisotopic (exact) mass is 1310 g/mol. The Hall–Kier alpha value is -5.86. The molecule has 1 unspecified atom stereocenters. The van der Waals surface area contributed by atoms with E-state index in [2.05, 4.69) is 21.3 Å². The van der Waals surface area contributed by atoms with E-state index in [-0.39, 0.29) is 62.2 Å². The second kappa shape index (κ2) is 37.7. The van der Waals surface area contributed by atoms with Gasteiger partial charge in [-0.3, -0.25) is 52.7 Å². The van der Waals surface area contributed by atoms with E-state index in [9.17, 15) is 48.6 Å². The van der Waals surface area contributed by atoms with Crippen LogP contribution in [0.1, 0.15) is 156 Å². The third kappa shape index (κ3) is 23.3. The fraction of sp³-hybridized carbons (Fsp3) is 0.800. The van der Waals surface area contributed by atoms with Gasteiger partial charge in [-0.05, 0) is 108 Å². The maximum Gasteiger partial charge on any atom is 0.248 e. The number of likely N-dealkylation sites (N-methyl/N-ethyl adjacent to an activating group) is 7. The fourth-order valence-corrected chi connectivity index (χ4v) is 11.7. The lowest BCUT2D eigenvalue weighted by molar-refractivity contribution is -0.157. The Morgan fingerprint density at radius 1 is 0.516 bits per heavy atom. The van der Waals surface area contributed by atoms with Crippen LogP contribution in [0.4, 0.5) is 0 Å². The minimum atomic E-state index is -1.68. The van der Waals surface area contributed by atoms with E-state index < -0.39 is 168 Å². The molecule has 91 heavy (non-hydrogen) atoms.